The number of nitrogens with one attached hydrogen (secondary N) is 2. The summed E-state index contributed by atoms with van der Waals surface area (Å²) in [5.74, 6) is 2.01. The van der Waals surface area contributed by atoms with E-state index in [0.717, 1.165) is 12.5 Å². The summed E-state index contributed by atoms with van der Waals surface area (Å²) in [6.07, 6.45) is 4.88. The van der Waals surface area contributed by atoms with Crippen LogP contribution in [0.1, 0.15) is 46.5 Å². The number of rotatable bonds is 6. The van der Waals surface area contributed by atoms with E-state index in [1.807, 2.05) is 13.8 Å². The predicted molar refractivity (Wildman–Crippen MR) is 80.2 cm³/mol. The minimum atomic E-state index is 0.380. The maximum Gasteiger partial charge on any atom is 0.323 e. The van der Waals surface area contributed by atoms with Crippen LogP contribution in [-0.2, 0) is 0 Å². The molecule has 0 aliphatic heterocycles. The zero-order valence-corrected chi connectivity index (χ0v) is 12.6. The Kier molecular flexibility index (Phi) is 5.38. The van der Waals surface area contributed by atoms with E-state index in [9.17, 15) is 0 Å². The lowest BCUT2D eigenvalue weighted by Gasteiger charge is -2.26. The SMILES string of the molecule is CCNc1nc(NC2CCC(C)CC2)nc(OCC)n1. The van der Waals surface area contributed by atoms with Crippen molar-refractivity contribution in [1.29, 1.82) is 0 Å². The van der Waals surface area contributed by atoms with Gasteiger partial charge in [0.05, 0.1) is 6.61 Å². The Morgan fingerprint density at radius 3 is 2.40 bits per heavy atom. The molecule has 1 heterocycles. The summed E-state index contributed by atoms with van der Waals surface area (Å²) in [4.78, 5) is 12.9. The third-order valence-corrected chi connectivity index (χ3v) is 3.57. The molecule has 0 atom stereocenters. The Labute approximate surface area is 120 Å². The van der Waals surface area contributed by atoms with Crippen molar-refractivity contribution in [3.63, 3.8) is 0 Å². The van der Waals surface area contributed by atoms with Crippen molar-refractivity contribution in [1.82, 2.24) is 15.0 Å². The van der Waals surface area contributed by atoms with Crippen molar-refractivity contribution >= 4 is 11.9 Å². The molecule has 0 bridgehead atoms. The van der Waals surface area contributed by atoms with Gasteiger partial charge in [0.15, 0.2) is 0 Å². The molecule has 0 aromatic carbocycles. The normalized spacial score (nSPS) is 22.4. The second-order valence-corrected chi connectivity index (χ2v) is 5.33. The highest BCUT2D eigenvalue weighted by molar-refractivity contribution is 5.36. The molecule has 1 saturated carbocycles. The third kappa shape index (κ3) is 4.21. The van der Waals surface area contributed by atoms with Crippen LogP contribution in [0, 0.1) is 5.92 Å². The van der Waals surface area contributed by atoms with Crippen LogP contribution in [0.2, 0.25) is 0 Å². The van der Waals surface area contributed by atoms with Crippen LogP contribution in [0.25, 0.3) is 0 Å². The zero-order chi connectivity index (χ0) is 14.4. The lowest BCUT2D eigenvalue weighted by molar-refractivity contribution is 0.311. The van der Waals surface area contributed by atoms with Gasteiger partial charge in [0.1, 0.15) is 0 Å². The predicted octanol–water partition coefficient (Wildman–Crippen LogP) is 2.69. The monoisotopic (exact) mass is 279 g/mol. The number of nitrogens with zero attached hydrogens (tertiary/aromatic N) is 3. The molecule has 2 N–H and O–H groups in total. The van der Waals surface area contributed by atoms with Crippen LogP contribution < -0.4 is 15.4 Å². The van der Waals surface area contributed by atoms with E-state index in [2.05, 4.69) is 32.5 Å². The molecule has 2 rings (SSSR count). The molecule has 0 spiro atoms. The van der Waals surface area contributed by atoms with Gasteiger partial charge in [-0.25, -0.2) is 0 Å². The van der Waals surface area contributed by atoms with Gasteiger partial charge in [-0.1, -0.05) is 6.92 Å². The molecule has 1 aromatic rings. The molecule has 6 nitrogen and oxygen atoms in total. The standard InChI is InChI=1S/C14H25N5O/c1-4-15-12-17-13(19-14(18-12)20-5-2)16-11-8-6-10(3)7-9-11/h10-11H,4-9H2,1-3H3,(H2,15,16,17,18,19). The van der Waals surface area contributed by atoms with Gasteiger partial charge in [-0.05, 0) is 45.4 Å². The average molecular weight is 279 g/mol. The molecule has 20 heavy (non-hydrogen) atoms. The summed E-state index contributed by atoms with van der Waals surface area (Å²) in [5.41, 5.74) is 0. The molecule has 1 fully saturated rings. The van der Waals surface area contributed by atoms with Gasteiger partial charge in [-0.3, -0.25) is 0 Å². The number of anilines is 2. The summed E-state index contributed by atoms with van der Waals surface area (Å²) < 4.78 is 5.40. The van der Waals surface area contributed by atoms with Crippen molar-refractivity contribution in [2.75, 3.05) is 23.8 Å². The Balaban J connectivity index is 2.05. The Bertz CT molecular complexity index is 394. The quantitative estimate of drug-likeness (QED) is 0.834. The van der Waals surface area contributed by atoms with Gasteiger partial charge in [-0.2, -0.15) is 15.0 Å². The van der Waals surface area contributed by atoms with Crippen LogP contribution in [0.5, 0.6) is 6.01 Å². The lowest BCUT2D eigenvalue weighted by Crippen LogP contribution is -2.26. The van der Waals surface area contributed by atoms with Gasteiger partial charge < -0.3 is 15.4 Å². The molecule has 6 heteroatoms. The van der Waals surface area contributed by atoms with Gasteiger partial charge in [0.2, 0.25) is 11.9 Å². The fraction of sp³-hybridized carbons (Fsp3) is 0.786. The van der Waals surface area contributed by atoms with Crippen LogP contribution in [0.15, 0.2) is 0 Å². The van der Waals surface area contributed by atoms with Crippen LogP contribution in [0.3, 0.4) is 0 Å². The topological polar surface area (TPSA) is 72.0 Å². The minimum absolute atomic E-state index is 0.380. The van der Waals surface area contributed by atoms with E-state index in [4.69, 9.17) is 4.74 Å². The largest absolute Gasteiger partial charge is 0.464 e. The molecule has 1 aliphatic carbocycles. The van der Waals surface area contributed by atoms with Crippen molar-refractivity contribution < 1.29 is 4.74 Å². The zero-order valence-electron chi connectivity index (χ0n) is 12.6. The van der Waals surface area contributed by atoms with Crippen LogP contribution >= 0.6 is 0 Å². The Morgan fingerprint density at radius 1 is 1.05 bits per heavy atom. The molecule has 0 amide bonds. The molecule has 1 aromatic heterocycles. The summed E-state index contributed by atoms with van der Waals surface area (Å²) in [6.45, 7) is 7.58. The molecule has 0 saturated heterocycles. The molecule has 0 unspecified atom stereocenters. The Morgan fingerprint density at radius 2 is 1.75 bits per heavy atom. The third-order valence-electron chi connectivity index (χ3n) is 3.57. The highest BCUT2D eigenvalue weighted by atomic mass is 16.5. The summed E-state index contributed by atoms with van der Waals surface area (Å²) in [5, 5.41) is 6.53. The average Bonchev–Trinajstić information content (AvgIpc) is 2.42. The van der Waals surface area contributed by atoms with Gasteiger partial charge in [0, 0.05) is 12.6 Å². The highest BCUT2D eigenvalue weighted by Crippen LogP contribution is 2.25. The first-order chi connectivity index (χ1) is 9.71. The van der Waals surface area contributed by atoms with E-state index in [0.29, 0.717) is 30.6 Å². The number of aromatic nitrogens is 3. The first-order valence-corrected chi connectivity index (χ1v) is 7.60. The summed E-state index contributed by atoms with van der Waals surface area (Å²) >= 11 is 0. The smallest absolute Gasteiger partial charge is 0.323 e. The molecule has 0 radical (unpaired) electrons. The van der Waals surface area contributed by atoms with Crippen molar-refractivity contribution in [3.8, 4) is 6.01 Å². The first-order valence-electron chi connectivity index (χ1n) is 7.60. The maximum absolute atomic E-state index is 5.40. The summed E-state index contributed by atoms with van der Waals surface area (Å²) in [6, 6.07) is 0.836. The summed E-state index contributed by atoms with van der Waals surface area (Å²) in [7, 11) is 0. The second kappa shape index (κ2) is 7.26. The molecule has 1 aliphatic rings. The van der Waals surface area contributed by atoms with Gasteiger partial charge in [0.25, 0.3) is 0 Å². The van der Waals surface area contributed by atoms with Crippen LogP contribution in [0.4, 0.5) is 11.9 Å². The fourth-order valence-electron chi connectivity index (χ4n) is 2.44. The minimum Gasteiger partial charge on any atom is -0.464 e. The van der Waals surface area contributed by atoms with Crippen molar-refractivity contribution in [3.05, 3.63) is 0 Å². The molecule has 112 valence electrons. The van der Waals surface area contributed by atoms with Crippen molar-refractivity contribution in [2.45, 2.75) is 52.5 Å². The van der Waals surface area contributed by atoms with Crippen molar-refractivity contribution in [2.24, 2.45) is 5.92 Å². The number of ether oxygens (including phenoxy) is 1. The Hall–Kier alpha value is -1.59. The van der Waals surface area contributed by atoms with Crippen LogP contribution in [-0.4, -0.2) is 34.1 Å². The second-order valence-electron chi connectivity index (χ2n) is 5.33. The van der Waals surface area contributed by atoms with Gasteiger partial charge >= 0.3 is 6.01 Å². The van der Waals surface area contributed by atoms with E-state index in [1.165, 1.54) is 25.7 Å². The van der Waals surface area contributed by atoms with E-state index in [1.54, 1.807) is 0 Å². The first kappa shape index (κ1) is 14.8. The number of hydrogen-bond acceptors (Lipinski definition) is 6. The van der Waals surface area contributed by atoms with Gasteiger partial charge in [-0.15, -0.1) is 0 Å². The highest BCUT2D eigenvalue weighted by Gasteiger charge is 2.19. The van der Waals surface area contributed by atoms with E-state index < -0.39 is 0 Å². The fourth-order valence-corrected chi connectivity index (χ4v) is 2.44. The lowest BCUT2D eigenvalue weighted by atomic mass is 9.87. The van der Waals surface area contributed by atoms with E-state index in [-0.39, 0.29) is 0 Å². The maximum atomic E-state index is 5.40. The molecular formula is C14H25N5O. The van der Waals surface area contributed by atoms with E-state index >= 15 is 0 Å². The number of hydrogen-bond donors (Lipinski definition) is 2. The molecular weight excluding hydrogens is 254 g/mol.